The van der Waals surface area contributed by atoms with Crippen molar-refractivity contribution in [3.63, 3.8) is 0 Å². The minimum atomic E-state index is -0.387. The molecule has 0 fully saturated rings. The topological polar surface area (TPSA) is 58.7 Å². The zero-order valence-corrected chi connectivity index (χ0v) is 12.6. The summed E-state index contributed by atoms with van der Waals surface area (Å²) in [6.07, 6.45) is 0. The predicted molar refractivity (Wildman–Crippen MR) is 85.5 cm³/mol. The smallest absolute Gasteiger partial charge is 0.125 e. The molecular weight excluding hydrogens is 283 g/mol. The molecule has 1 atom stereocenters. The number of nitrogens with two attached hydrogens (primary N) is 1. The number of halogens is 1. The lowest BCUT2D eigenvalue weighted by atomic mass is 10.1. The zero-order chi connectivity index (χ0) is 15.9. The molecule has 0 aliphatic carbocycles. The molecule has 0 unspecified atom stereocenters. The first-order chi connectivity index (χ1) is 10.6. The fraction of sp³-hybridized carbons (Fsp3) is 0.294. The van der Waals surface area contributed by atoms with Crippen molar-refractivity contribution in [2.75, 3.05) is 25.2 Å². The van der Waals surface area contributed by atoms with Crippen LogP contribution in [0, 0.1) is 5.82 Å². The second kappa shape index (κ2) is 7.77. The Hall–Kier alpha value is -2.11. The number of nitrogens with zero attached hydrogens (tertiary/aromatic N) is 1. The zero-order valence-electron chi connectivity index (χ0n) is 12.6. The Morgan fingerprint density at radius 3 is 2.55 bits per heavy atom. The molecule has 2 rings (SSSR count). The second-order valence-electron chi connectivity index (χ2n) is 5.15. The SMILES string of the molecule is COc1ccc(CN(C[C@H](N)CO)c2cccc(F)c2)cc1. The summed E-state index contributed by atoms with van der Waals surface area (Å²) in [7, 11) is 1.62. The Morgan fingerprint density at radius 2 is 1.95 bits per heavy atom. The summed E-state index contributed by atoms with van der Waals surface area (Å²) in [5.74, 6) is 0.489. The lowest BCUT2D eigenvalue weighted by molar-refractivity contribution is 0.266. The van der Waals surface area contributed by atoms with Crippen molar-refractivity contribution in [3.8, 4) is 5.75 Å². The number of hydrogen-bond acceptors (Lipinski definition) is 4. The van der Waals surface area contributed by atoms with Gasteiger partial charge in [-0.25, -0.2) is 4.39 Å². The Kier molecular flexibility index (Phi) is 5.75. The normalized spacial score (nSPS) is 12.0. The standard InChI is InChI=1S/C17H21FN2O2/c1-22-17-7-5-13(6-8-17)10-20(11-15(19)12-21)16-4-2-3-14(18)9-16/h2-9,15,21H,10-12,19H2,1H3/t15-/m0/s1. The largest absolute Gasteiger partial charge is 0.497 e. The van der Waals surface area contributed by atoms with Gasteiger partial charge in [0.15, 0.2) is 0 Å². The van der Waals surface area contributed by atoms with Crippen LogP contribution in [0.5, 0.6) is 5.75 Å². The van der Waals surface area contributed by atoms with Gasteiger partial charge in [-0.2, -0.15) is 0 Å². The van der Waals surface area contributed by atoms with Crippen molar-refractivity contribution >= 4 is 5.69 Å². The van der Waals surface area contributed by atoms with Crippen molar-refractivity contribution in [1.29, 1.82) is 0 Å². The number of anilines is 1. The quantitative estimate of drug-likeness (QED) is 0.823. The molecule has 0 aliphatic rings. The minimum Gasteiger partial charge on any atom is -0.497 e. The van der Waals surface area contributed by atoms with Gasteiger partial charge in [-0.3, -0.25) is 0 Å². The van der Waals surface area contributed by atoms with E-state index in [2.05, 4.69) is 0 Å². The van der Waals surface area contributed by atoms with E-state index in [1.807, 2.05) is 35.2 Å². The lowest BCUT2D eigenvalue weighted by Gasteiger charge is -2.27. The van der Waals surface area contributed by atoms with Gasteiger partial charge >= 0.3 is 0 Å². The van der Waals surface area contributed by atoms with Gasteiger partial charge < -0.3 is 20.5 Å². The van der Waals surface area contributed by atoms with Crippen molar-refractivity contribution in [1.82, 2.24) is 0 Å². The number of ether oxygens (including phenoxy) is 1. The minimum absolute atomic E-state index is 0.117. The number of aliphatic hydroxyl groups excluding tert-OH is 1. The van der Waals surface area contributed by atoms with E-state index >= 15 is 0 Å². The summed E-state index contributed by atoms with van der Waals surface area (Å²) < 4.78 is 18.6. The van der Waals surface area contributed by atoms with Gasteiger partial charge in [0.25, 0.3) is 0 Å². The monoisotopic (exact) mass is 304 g/mol. The molecule has 5 heteroatoms. The molecule has 3 N–H and O–H groups in total. The van der Waals surface area contributed by atoms with Crippen LogP contribution >= 0.6 is 0 Å². The van der Waals surface area contributed by atoms with Crippen molar-refractivity contribution in [2.24, 2.45) is 5.73 Å². The molecule has 4 nitrogen and oxygen atoms in total. The first-order valence-electron chi connectivity index (χ1n) is 7.12. The third-order valence-electron chi connectivity index (χ3n) is 3.40. The van der Waals surface area contributed by atoms with Crippen LogP contribution in [0.2, 0.25) is 0 Å². The highest BCUT2D eigenvalue weighted by molar-refractivity contribution is 5.47. The predicted octanol–water partition coefficient (Wildman–Crippen LogP) is 2.16. The first-order valence-corrected chi connectivity index (χ1v) is 7.12. The van der Waals surface area contributed by atoms with E-state index in [1.165, 1.54) is 12.1 Å². The Bertz CT molecular complexity index is 589. The van der Waals surface area contributed by atoms with Crippen LogP contribution in [-0.2, 0) is 6.54 Å². The maximum Gasteiger partial charge on any atom is 0.125 e. The number of rotatable bonds is 7. The average molecular weight is 304 g/mol. The fourth-order valence-electron chi connectivity index (χ4n) is 2.23. The van der Waals surface area contributed by atoms with Crippen LogP contribution < -0.4 is 15.4 Å². The number of benzene rings is 2. The maximum absolute atomic E-state index is 13.5. The van der Waals surface area contributed by atoms with Crippen LogP contribution in [0.15, 0.2) is 48.5 Å². The van der Waals surface area contributed by atoms with Gasteiger partial charge in [-0.05, 0) is 35.9 Å². The van der Waals surface area contributed by atoms with Gasteiger partial charge in [0, 0.05) is 24.8 Å². The van der Waals surface area contributed by atoms with Crippen LogP contribution in [0.3, 0.4) is 0 Å². The van der Waals surface area contributed by atoms with E-state index in [9.17, 15) is 9.50 Å². The van der Waals surface area contributed by atoms with Crippen molar-refractivity contribution in [3.05, 3.63) is 59.9 Å². The summed E-state index contributed by atoms with van der Waals surface area (Å²) in [6.45, 7) is 0.890. The van der Waals surface area contributed by atoms with Crippen molar-refractivity contribution in [2.45, 2.75) is 12.6 Å². The van der Waals surface area contributed by atoms with Crippen LogP contribution in [-0.4, -0.2) is 31.4 Å². The number of aliphatic hydroxyl groups is 1. The highest BCUT2D eigenvalue weighted by atomic mass is 19.1. The van der Waals surface area contributed by atoms with E-state index < -0.39 is 0 Å². The Balaban J connectivity index is 2.19. The van der Waals surface area contributed by atoms with Gasteiger partial charge in [-0.1, -0.05) is 18.2 Å². The number of methoxy groups -OCH3 is 1. The Morgan fingerprint density at radius 1 is 1.23 bits per heavy atom. The fourth-order valence-corrected chi connectivity index (χ4v) is 2.23. The molecule has 0 aliphatic heterocycles. The van der Waals surface area contributed by atoms with E-state index in [4.69, 9.17) is 10.5 Å². The maximum atomic E-state index is 13.5. The molecule has 22 heavy (non-hydrogen) atoms. The molecule has 0 heterocycles. The molecule has 0 radical (unpaired) electrons. The van der Waals surface area contributed by atoms with Gasteiger partial charge in [0.2, 0.25) is 0 Å². The van der Waals surface area contributed by atoms with E-state index in [1.54, 1.807) is 13.2 Å². The summed E-state index contributed by atoms with van der Waals surface area (Å²) in [5, 5.41) is 9.18. The van der Waals surface area contributed by atoms with Gasteiger partial charge in [-0.15, -0.1) is 0 Å². The van der Waals surface area contributed by atoms with E-state index in [-0.39, 0.29) is 18.5 Å². The first kappa shape index (κ1) is 16.3. The molecule has 0 aromatic heterocycles. The van der Waals surface area contributed by atoms with Crippen LogP contribution in [0.4, 0.5) is 10.1 Å². The van der Waals surface area contributed by atoms with Crippen molar-refractivity contribution < 1.29 is 14.2 Å². The number of hydrogen-bond donors (Lipinski definition) is 2. The lowest BCUT2D eigenvalue weighted by Crippen LogP contribution is -2.39. The molecule has 0 saturated carbocycles. The summed E-state index contributed by atoms with van der Waals surface area (Å²) in [4.78, 5) is 1.95. The molecule has 2 aromatic carbocycles. The molecule has 2 aromatic rings. The molecule has 0 bridgehead atoms. The van der Waals surface area contributed by atoms with Crippen LogP contribution in [0.1, 0.15) is 5.56 Å². The van der Waals surface area contributed by atoms with E-state index in [0.29, 0.717) is 13.1 Å². The van der Waals surface area contributed by atoms with Crippen LogP contribution in [0.25, 0.3) is 0 Å². The van der Waals surface area contributed by atoms with E-state index in [0.717, 1.165) is 17.0 Å². The summed E-state index contributed by atoms with van der Waals surface area (Å²) in [6, 6.07) is 13.6. The highest BCUT2D eigenvalue weighted by Gasteiger charge is 2.12. The third-order valence-corrected chi connectivity index (χ3v) is 3.40. The van der Waals surface area contributed by atoms with Gasteiger partial charge in [0.1, 0.15) is 11.6 Å². The highest BCUT2D eigenvalue weighted by Crippen LogP contribution is 2.20. The third kappa shape index (κ3) is 4.44. The summed E-state index contributed by atoms with van der Waals surface area (Å²) in [5.41, 5.74) is 7.63. The molecule has 0 saturated heterocycles. The average Bonchev–Trinajstić information content (AvgIpc) is 2.54. The summed E-state index contributed by atoms with van der Waals surface area (Å²) >= 11 is 0. The molecule has 118 valence electrons. The molecular formula is C17H21FN2O2. The molecule has 0 amide bonds. The van der Waals surface area contributed by atoms with Gasteiger partial charge in [0.05, 0.1) is 13.7 Å². The second-order valence-corrected chi connectivity index (χ2v) is 5.15. The Labute approximate surface area is 129 Å². The molecule has 0 spiro atoms.